The van der Waals surface area contributed by atoms with E-state index in [0.717, 1.165) is 16.7 Å². The summed E-state index contributed by atoms with van der Waals surface area (Å²) in [6.07, 6.45) is 3.97. The largest absolute Gasteiger partial charge is 0.341 e. The summed E-state index contributed by atoms with van der Waals surface area (Å²) in [7, 11) is 1.83. The van der Waals surface area contributed by atoms with E-state index in [1.807, 2.05) is 50.4 Å². The van der Waals surface area contributed by atoms with Crippen LogP contribution in [0, 0.1) is 6.92 Å². The molecule has 0 N–H and O–H groups in total. The second-order valence-electron chi connectivity index (χ2n) is 4.71. The van der Waals surface area contributed by atoms with Gasteiger partial charge in [-0.2, -0.15) is 0 Å². The fraction of sp³-hybridized carbons (Fsp3) is 0.250. The highest BCUT2D eigenvalue weighted by Gasteiger charge is 2.11. The Morgan fingerprint density at radius 2 is 2.00 bits per heavy atom. The van der Waals surface area contributed by atoms with Crippen molar-refractivity contribution in [3.8, 4) is 0 Å². The fourth-order valence-corrected chi connectivity index (χ4v) is 1.96. The van der Waals surface area contributed by atoms with Gasteiger partial charge in [0.15, 0.2) is 0 Å². The highest BCUT2D eigenvalue weighted by molar-refractivity contribution is 5.78. The number of carbonyl (C=O) groups excluding carboxylic acids is 1. The van der Waals surface area contributed by atoms with Crippen LogP contribution < -0.4 is 0 Å². The lowest BCUT2D eigenvalue weighted by molar-refractivity contribution is -0.129. The SMILES string of the molecule is Cc1ccccc1CC(=O)N(C)Cc1cccnc1. The van der Waals surface area contributed by atoms with Crippen LogP contribution in [0.4, 0.5) is 0 Å². The third kappa shape index (κ3) is 3.65. The molecule has 98 valence electrons. The minimum atomic E-state index is 0.123. The number of carbonyl (C=O) groups is 1. The number of benzene rings is 1. The fourth-order valence-electron chi connectivity index (χ4n) is 1.96. The predicted octanol–water partition coefficient (Wildman–Crippen LogP) is 2.59. The summed E-state index contributed by atoms with van der Waals surface area (Å²) >= 11 is 0. The molecule has 0 saturated carbocycles. The monoisotopic (exact) mass is 254 g/mol. The molecule has 1 heterocycles. The van der Waals surface area contributed by atoms with Gasteiger partial charge in [-0.15, -0.1) is 0 Å². The van der Waals surface area contributed by atoms with E-state index in [2.05, 4.69) is 4.98 Å². The molecule has 0 aliphatic rings. The van der Waals surface area contributed by atoms with Crippen LogP contribution in [0.15, 0.2) is 48.8 Å². The van der Waals surface area contributed by atoms with Gasteiger partial charge in [0.1, 0.15) is 0 Å². The van der Waals surface area contributed by atoms with Crippen molar-refractivity contribution in [2.75, 3.05) is 7.05 Å². The maximum Gasteiger partial charge on any atom is 0.227 e. The van der Waals surface area contributed by atoms with Crippen molar-refractivity contribution in [3.63, 3.8) is 0 Å². The van der Waals surface area contributed by atoms with Crippen molar-refractivity contribution in [3.05, 3.63) is 65.5 Å². The van der Waals surface area contributed by atoms with Gasteiger partial charge in [-0.05, 0) is 29.7 Å². The quantitative estimate of drug-likeness (QED) is 0.840. The first-order valence-electron chi connectivity index (χ1n) is 6.34. The Hall–Kier alpha value is -2.16. The molecular weight excluding hydrogens is 236 g/mol. The highest BCUT2D eigenvalue weighted by atomic mass is 16.2. The van der Waals surface area contributed by atoms with E-state index in [1.165, 1.54) is 0 Å². The number of pyridine rings is 1. The molecule has 3 heteroatoms. The molecule has 1 aromatic heterocycles. The van der Waals surface area contributed by atoms with Gasteiger partial charge in [0.25, 0.3) is 0 Å². The molecule has 0 atom stereocenters. The number of likely N-dealkylation sites (N-methyl/N-ethyl adjacent to an activating group) is 1. The summed E-state index contributed by atoms with van der Waals surface area (Å²) in [5, 5.41) is 0. The number of rotatable bonds is 4. The second-order valence-corrected chi connectivity index (χ2v) is 4.71. The number of amides is 1. The lowest BCUT2D eigenvalue weighted by Gasteiger charge is -2.17. The first-order chi connectivity index (χ1) is 9.16. The van der Waals surface area contributed by atoms with E-state index in [4.69, 9.17) is 0 Å². The lowest BCUT2D eigenvalue weighted by Crippen LogP contribution is -2.27. The molecule has 3 nitrogen and oxygen atoms in total. The predicted molar refractivity (Wildman–Crippen MR) is 75.6 cm³/mol. The number of nitrogens with zero attached hydrogens (tertiary/aromatic N) is 2. The summed E-state index contributed by atoms with van der Waals surface area (Å²) in [4.78, 5) is 18.0. The number of hydrogen-bond donors (Lipinski definition) is 0. The second kappa shape index (κ2) is 6.14. The molecule has 0 aliphatic carbocycles. The van der Waals surface area contributed by atoms with E-state index in [9.17, 15) is 4.79 Å². The Bertz CT molecular complexity index is 552. The van der Waals surface area contributed by atoms with Crippen LogP contribution in [-0.2, 0) is 17.8 Å². The van der Waals surface area contributed by atoms with Crippen LogP contribution in [0.25, 0.3) is 0 Å². The van der Waals surface area contributed by atoms with Crippen molar-refractivity contribution in [2.45, 2.75) is 19.9 Å². The molecule has 2 aromatic rings. The van der Waals surface area contributed by atoms with Gasteiger partial charge in [-0.25, -0.2) is 0 Å². The maximum absolute atomic E-state index is 12.2. The van der Waals surface area contributed by atoms with Crippen molar-refractivity contribution >= 4 is 5.91 Å². The number of hydrogen-bond acceptors (Lipinski definition) is 2. The van der Waals surface area contributed by atoms with Crippen molar-refractivity contribution in [1.29, 1.82) is 0 Å². The number of aromatic nitrogens is 1. The van der Waals surface area contributed by atoms with E-state index in [-0.39, 0.29) is 5.91 Å². The molecule has 2 rings (SSSR count). The Morgan fingerprint density at radius 3 is 2.68 bits per heavy atom. The smallest absolute Gasteiger partial charge is 0.227 e. The zero-order valence-electron chi connectivity index (χ0n) is 11.3. The zero-order chi connectivity index (χ0) is 13.7. The van der Waals surface area contributed by atoms with Crippen molar-refractivity contribution in [1.82, 2.24) is 9.88 Å². The molecule has 0 spiro atoms. The average molecular weight is 254 g/mol. The van der Waals surface area contributed by atoms with Crippen molar-refractivity contribution < 1.29 is 4.79 Å². The van der Waals surface area contributed by atoms with Gasteiger partial charge < -0.3 is 4.90 Å². The molecule has 19 heavy (non-hydrogen) atoms. The molecule has 1 amide bonds. The normalized spacial score (nSPS) is 10.2. The maximum atomic E-state index is 12.2. The summed E-state index contributed by atoms with van der Waals surface area (Å²) < 4.78 is 0. The van der Waals surface area contributed by atoms with Crippen LogP contribution in [0.1, 0.15) is 16.7 Å². The Kier molecular flexibility index (Phi) is 4.29. The molecule has 0 aliphatic heterocycles. The molecule has 0 radical (unpaired) electrons. The van der Waals surface area contributed by atoms with E-state index >= 15 is 0 Å². The van der Waals surface area contributed by atoms with Gasteiger partial charge >= 0.3 is 0 Å². The molecule has 0 fully saturated rings. The third-order valence-corrected chi connectivity index (χ3v) is 3.17. The lowest BCUT2D eigenvalue weighted by atomic mass is 10.1. The average Bonchev–Trinajstić information content (AvgIpc) is 2.42. The van der Waals surface area contributed by atoms with Crippen LogP contribution in [0.3, 0.4) is 0 Å². The topological polar surface area (TPSA) is 33.2 Å². The van der Waals surface area contributed by atoms with Crippen LogP contribution in [0.5, 0.6) is 0 Å². The van der Waals surface area contributed by atoms with Gasteiger partial charge in [0.2, 0.25) is 5.91 Å². The van der Waals surface area contributed by atoms with Gasteiger partial charge in [0, 0.05) is 26.0 Å². The first-order valence-corrected chi connectivity index (χ1v) is 6.34. The molecular formula is C16H18N2O. The van der Waals surface area contributed by atoms with Crippen LogP contribution >= 0.6 is 0 Å². The third-order valence-electron chi connectivity index (χ3n) is 3.17. The van der Waals surface area contributed by atoms with Crippen LogP contribution in [-0.4, -0.2) is 22.8 Å². The first kappa shape index (κ1) is 13.3. The van der Waals surface area contributed by atoms with E-state index in [1.54, 1.807) is 17.3 Å². The van der Waals surface area contributed by atoms with Crippen molar-refractivity contribution in [2.24, 2.45) is 0 Å². The summed E-state index contributed by atoms with van der Waals surface area (Å²) in [5.41, 5.74) is 3.29. The number of aryl methyl sites for hydroxylation is 1. The summed E-state index contributed by atoms with van der Waals surface area (Å²) in [5.74, 6) is 0.123. The summed E-state index contributed by atoms with van der Waals surface area (Å²) in [6, 6.07) is 11.9. The standard InChI is InChI=1S/C16H18N2O/c1-13-6-3-4-8-15(13)10-16(19)18(2)12-14-7-5-9-17-11-14/h3-9,11H,10,12H2,1-2H3. The minimum Gasteiger partial charge on any atom is -0.341 e. The Balaban J connectivity index is 1.99. The van der Waals surface area contributed by atoms with Gasteiger partial charge in [-0.1, -0.05) is 30.3 Å². The Labute approximate surface area is 113 Å². The van der Waals surface area contributed by atoms with Gasteiger partial charge in [-0.3, -0.25) is 9.78 Å². The van der Waals surface area contributed by atoms with E-state index in [0.29, 0.717) is 13.0 Å². The molecule has 0 unspecified atom stereocenters. The summed E-state index contributed by atoms with van der Waals surface area (Å²) in [6.45, 7) is 2.63. The van der Waals surface area contributed by atoms with Crippen LogP contribution in [0.2, 0.25) is 0 Å². The minimum absolute atomic E-state index is 0.123. The molecule has 0 bridgehead atoms. The zero-order valence-corrected chi connectivity index (χ0v) is 11.3. The molecule has 0 saturated heterocycles. The van der Waals surface area contributed by atoms with E-state index < -0.39 is 0 Å². The molecule has 1 aromatic carbocycles. The highest BCUT2D eigenvalue weighted by Crippen LogP contribution is 2.10. The van der Waals surface area contributed by atoms with Gasteiger partial charge in [0.05, 0.1) is 6.42 Å². The Morgan fingerprint density at radius 1 is 1.21 bits per heavy atom.